The van der Waals surface area contributed by atoms with Gasteiger partial charge >= 0.3 is 0 Å². The van der Waals surface area contributed by atoms with Gasteiger partial charge in [-0.15, -0.1) is 0 Å². The Morgan fingerprint density at radius 2 is 1.35 bits per heavy atom. The van der Waals surface area contributed by atoms with Gasteiger partial charge in [-0.2, -0.15) is 4.31 Å². The van der Waals surface area contributed by atoms with Crippen molar-refractivity contribution < 1.29 is 25.3 Å². The van der Waals surface area contributed by atoms with Gasteiger partial charge in [0.2, 0.25) is 10.0 Å². The molecule has 26 heavy (non-hydrogen) atoms. The van der Waals surface area contributed by atoms with Gasteiger partial charge in [-0.3, -0.25) is 0 Å². The van der Waals surface area contributed by atoms with Gasteiger partial charge in [0, 0.05) is 17.1 Å². The smallest absolute Gasteiger partial charge is 0.243 e. The van der Waals surface area contributed by atoms with E-state index in [1.54, 1.807) is 0 Å². The maximum atomic E-state index is 13.3. The molecular formula is C14H17ClN2O6S3. The lowest BCUT2D eigenvalue weighted by Gasteiger charge is -2.43. The van der Waals surface area contributed by atoms with E-state index >= 15 is 0 Å². The summed E-state index contributed by atoms with van der Waals surface area (Å²) in [5, 5.41) is 3.43. The molecule has 0 amide bonds. The Balaban J connectivity index is 1.83. The number of hydrogen-bond acceptors (Lipinski definition) is 7. The summed E-state index contributed by atoms with van der Waals surface area (Å²) in [5.74, 6) is -1.04. The standard InChI is InChI=1S/C14H17ClN2O6S3/c15-9-1-3-10(4-2-9)26(22,23)17-13-7-24(18,19)5-11(13)16-12-6-25(20,21)8-14(12)17/h1-4,11-14,16H,5-8H2/t11-,12+,13-,14+. The van der Waals surface area contributed by atoms with Crippen LogP contribution in [-0.4, -0.2) is 76.7 Å². The van der Waals surface area contributed by atoms with Crippen molar-refractivity contribution in [3.63, 3.8) is 0 Å². The molecule has 0 aromatic heterocycles. The van der Waals surface area contributed by atoms with Crippen LogP contribution in [0.2, 0.25) is 5.02 Å². The minimum atomic E-state index is -4.08. The molecule has 3 heterocycles. The van der Waals surface area contributed by atoms with Crippen molar-refractivity contribution in [2.45, 2.75) is 29.1 Å². The van der Waals surface area contributed by atoms with Gasteiger partial charge in [0.05, 0.1) is 40.0 Å². The predicted molar refractivity (Wildman–Crippen MR) is 96.1 cm³/mol. The van der Waals surface area contributed by atoms with Gasteiger partial charge in [0.1, 0.15) is 0 Å². The molecular weight excluding hydrogens is 424 g/mol. The molecule has 8 nitrogen and oxygen atoms in total. The molecule has 0 aliphatic carbocycles. The highest BCUT2D eigenvalue weighted by Gasteiger charge is 2.57. The highest BCUT2D eigenvalue weighted by molar-refractivity contribution is 7.92. The Morgan fingerprint density at radius 1 is 0.885 bits per heavy atom. The monoisotopic (exact) mass is 440 g/mol. The quantitative estimate of drug-likeness (QED) is 0.643. The molecule has 4 atom stereocenters. The molecule has 3 aliphatic heterocycles. The van der Waals surface area contributed by atoms with Crippen LogP contribution in [0.25, 0.3) is 0 Å². The van der Waals surface area contributed by atoms with Gasteiger partial charge < -0.3 is 5.32 Å². The van der Waals surface area contributed by atoms with Crippen molar-refractivity contribution in [2.75, 3.05) is 23.0 Å². The summed E-state index contributed by atoms with van der Waals surface area (Å²) in [7, 11) is -10.9. The van der Waals surface area contributed by atoms with Crippen LogP contribution >= 0.6 is 11.6 Å². The number of fused-ring (bicyclic) bond motifs is 2. The Morgan fingerprint density at radius 3 is 1.81 bits per heavy atom. The van der Waals surface area contributed by atoms with Crippen molar-refractivity contribution in [2.24, 2.45) is 0 Å². The van der Waals surface area contributed by atoms with Crippen LogP contribution < -0.4 is 5.32 Å². The van der Waals surface area contributed by atoms with Gasteiger partial charge in [0.15, 0.2) is 19.7 Å². The number of halogens is 1. The second-order valence-electron chi connectivity index (χ2n) is 6.96. The Labute approximate surface area is 157 Å². The van der Waals surface area contributed by atoms with Crippen molar-refractivity contribution in [3.05, 3.63) is 29.3 Å². The molecule has 144 valence electrons. The molecule has 0 saturated carbocycles. The van der Waals surface area contributed by atoms with E-state index in [9.17, 15) is 25.3 Å². The average molecular weight is 441 g/mol. The Kier molecular flexibility index (Phi) is 4.22. The van der Waals surface area contributed by atoms with Gasteiger partial charge in [-0.25, -0.2) is 25.3 Å². The average Bonchev–Trinajstić information content (AvgIpc) is 2.96. The third kappa shape index (κ3) is 3.08. The van der Waals surface area contributed by atoms with E-state index in [2.05, 4.69) is 5.32 Å². The predicted octanol–water partition coefficient (Wildman–Crippen LogP) is -0.735. The molecule has 1 N–H and O–H groups in total. The first-order valence-electron chi connectivity index (χ1n) is 7.95. The molecule has 3 aliphatic rings. The van der Waals surface area contributed by atoms with E-state index < -0.39 is 53.9 Å². The molecule has 0 bridgehead atoms. The summed E-state index contributed by atoms with van der Waals surface area (Å²) in [5.41, 5.74) is 0. The molecule has 4 rings (SSSR count). The lowest BCUT2D eigenvalue weighted by atomic mass is 10.0. The topological polar surface area (TPSA) is 118 Å². The molecule has 0 spiro atoms. The summed E-state index contributed by atoms with van der Waals surface area (Å²) >= 11 is 5.82. The normalized spacial score (nSPS) is 35.7. The minimum absolute atomic E-state index is 0.0325. The zero-order valence-electron chi connectivity index (χ0n) is 13.4. The zero-order valence-corrected chi connectivity index (χ0v) is 16.7. The SMILES string of the molecule is O=S1(=O)C[C@@H]2[C@@H](C1)N[C@H]1CS(=O)(=O)C[C@@H]1N2S(=O)(=O)c1ccc(Cl)cc1. The Bertz CT molecular complexity index is 1000. The van der Waals surface area contributed by atoms with E-state index in [1.807, 2.05) is 0 Å². The summed E-state index contributed by atoms with van der Waals surface area (Å²) in [4.78, 5) is -0.0325. The van der Waals surface area contributed by atoms with E-state index in [0.717, 1.165) is 4.31 Å². The first-order valence-corrected chi connectivity index (χ1v) is 13.4. The lowest BCUT2D eigenvalue weighted by molar-refractivity contribution is 0.160. The van der Waals surface area contributed by atoms with Crippen LogP contribution in [0, 0.1) is 0 Å². The van der Waals surface area contributed by atoms with Crippen molar-refractivity contribution in [3.8, 4) is 0 Å². The van der Waals surface area contributed by atoms with E-state index in [1.165, 1.54) is 24.3 Å². The third-order valence-corrected chi connectivity index (χ3v) is 10.8. The van der Waals surface area contributed by atoms with Crippen LogP contribution in [0.3, 0.4) is 0 Å². The molecule has 3 fully saturated rings. The number of sulfone groups is 2. The van der Waals surface area contributed by atoms with Crippen LogP contribution in [0.1, 0.15) is 0 Å². The van der Waals surface area contributed by atoms with Gasteiger partial charge in [-0.05, 0) is 24.3 Å². The zero-order chi connectivity index (χ0) is 18.9. The summed E-state index contributed by atoms with van der Waals surface area (Å²) in [6.07, 6.45) is 0. The van der Waals surface area contributed by atoms with Crippen molar-refractivity contribution >= 4 is 41.3 Å². The Hall–Kier alpha value is -0.720. The number of nitrogens with zero attached hydrogens (tertiary/aromatic N) is 1. The fourth-order valence-electron chi connectivity index (χ4n) is 4.08. The lowest BCUT2D eigenvalue weighted by Crippen LogP contribution is -2.67. The number of benzene rings is 1. The number of nitrogens with one attached hydrogen (secondary N) is 1. The first kappa shape index (κ1) is 18.6. The highest BCUT2D eigenvalue weighted by Crippen LogP contribution is 2.36. The summed E-state index contributed by atoms with van der Waals surface area (Å²) in [6, 6.07) is 2.68. The molecule has 0 radical (unpaired) electrons. The number of piperazine rings is 1. The maximum Gasteiger partial charge on any atom is 0.243 e. The second-order valence-corrected chi connectivity index (χ2v) is 13.5. The maximum absolute atomic E-state index is 13.3. The van der Waals surface area contributed by atoms with Crippen molar-refractivity contribution in [1.29, 1.82) is 0 Å². The second kappa shape index (κ2) is 5.89. The number of sulfonamides is 1. The summed E-state index contributed by atoms with van der Waals surface area (Å²) in [6.45, 7) is 0. The van der Waals surface area contributed by atoms with Crippen LogP contribution in [0.15, 0.2) is 29.2 Å². The van der Waals surface area contributed by atoms with E-state index in [-0.39, 0.29) is 27.9 Å². The third-order valence-electron chi connectivity index (χ3n) is 5.12. The first-order chi connectivity index (χ1) is 12.0. The number of hydrogen-bond donors (Lipinski definition) is 1. The van der Waals surface area contributed by atoms with E-state index in [4.69, 9.17) is 11.6 Å². The minimum Gasteiger partial charge on any atom is -0.306 e. The van der Waals surface area contributed by atoms with Crippen molar-refractivity contribution in [1.82, 2.24) is 9.62 Å². The summed E-state index contributed by atoms with van der Waals surface area (Å²) < 4.78 is 76.1. The molecule has 1 aromatic carbocycles. The van der Waals surface area contributed by atoms with E-state index in [0.29, 0.717) is 5.02 Å². The largest absolute Gasteiger partial charge is 0.306 e. The molecule has 1 aromatic rings. The van der Waals surface area contributed by atoms with Gasteiger partial charge in [-0.1, -0.05) is 11.6 Å². The fourth-order valence-corrected chi connectivity index (χ4v) is 10.1. The highest BCUT2D eigenvalue weighted by atomic mass is 35.5. The van der Waals surface area contributed by atoms with Crippen LogP contribution in [0.5, 0.6) is 0 Å². The van der Waals surface area contributed by atoms with Gasteiger partial charge in [0.25, 0.3) is 0 Å². The van der Waals surface area contributed by atoms with Crippen LogP contribution in [0.4, 0.5) is 0 Å². The van der Waals surface area contributed by atoms with Crippen LogP contribution in [-0.2, 0) is 29.7 Å². The molecule has 12 heteroatoms. The molecule has 0 unspecified atom stereocenters. The number of rotatable bonds is 2. The fraction of sp³-hybridized carbons (Fsp3) is 0.571. The molecule has 3 saturated heterocycles.